The number of carbonyl (C=O) groups is 1. The molecule has 4 nitrogen and oxygen atoms in total. The van der Waals surface area contributed by atoms with Crippen LogP contribution in [-0.4, -0.2) is 37.2 Å². The van der Waals surface area contributed by atoms with E-state index in [1.807, 2.05) is 6.07 Å². The first-order valence-corrected chi connectivity index (χ1v) is 7.47. The molecule has 4 heteroatoms. The van der Waals surface area contributed by atoms with Crippen LogP contribution in [0.3, 0.4) is 0 Å². The largest absolute Gasteiger partial charge is 0.450 e. The summed E-state index contributed by atoms with van der Waals surface area (Å²) in [6.45, 7) is 7.97. The molecule has 0 fully saturated rings. The molecule has 1 aromatic rings. The number of ether oxygens (including phenoxy) is 1. The summed E-state index contributed by atoms with van der Waals surface area (Å²) < 4.78 is 4.89. The number of nitrogens with zero attached hydrogens (tertiary/aromatic N) is 1. The van der Waals surface area contributed by atoms with Gasteiger partial charge in [-0.25, -0.2) is 4.79 Å². The fourth-order valence-electron chi connectivity index (χ4n) is 2.69. The summed E-state index contributed by atoms with van der Waals surface area (Å²) in [6.07, 6.45) is 1.10. The van der Waals surface area contributed by atoms with Crippen LogP contribution in [0, 0.1) is 5.41 Å². The highest BCUT2D eigenvalue weighted by Gasteiger charge is 2.28. The first-order chi connectivity index (χ1) is 9.80. The van der Waals surface area contributed by atoms with Gasteiger partial charge in [-0.15, -0.1) is 0 Å². The van der Waals surface area contributed by atoms with E-state index in [1.54, 1.807) is 0 Å². The van der Waals surface area contributed by atoms with E-state index >= 15 is 0 Å². The molecule has 1 aromatic carbocycles. The van der Waals surface area contributed by atoms with Gasteiger partial charge in [-0.2, -0.15) is 0 Å². The summed E-state index contributed by atoms with van der Waals surface area (Å²) >= 11 is 0. The minimum atomic E-state index is -0.699. The van der Waals surface area contributed by atoms with Crippen LogP contribution in [0.4, 0.5) is 4.79 Å². The number of nitrogens with two attached hydrogens (primary N) is 1. The number of amides is 1. The Labute approximate surface area is 128 Å². The Morgan fingerprint density at radius 3 is 2.43 bits per heavy atom. The third kappa shape index (κ3) is 6.63. The highest BCUT2D eigenvalue weighted by molar-refractivity contribution is 5.64. The Morgan fingerprint density at radius 2 is 1.90 bits per heavy atom. The Bertz CT molecular complexity index is 426. The van der Waals surface area contributed by atoms with Gasteiger partial charge in [-0.3, -0.25) is 0 Å². The molecule has 0 spiro atoms. The van der Waals surface area contributed by atoms with Gasteiger partial charge in [0.15, 0.2) is 0 Å². The third-order valence-electron chi connectivity index (χ3n) is 3.76. The molecule has 0 saturated heterocycles. The van der Waals surface area contributed by atoms with Gasteiger partial charge in [0.1, 0.15) is 0 Å². The lowest BCUT2D eigenvalue weighted by atomic mass is 9.84. The predicted molar refractivity (Wildman–Crippen MR) is 86.2 cm³/mol. The molecule has 1 unspecified atom stereocenters. The van der Waals surface area contributed by atoms with Crippen molar-refractivity contribution in [2.75, 3.05) is 20.2 Å². The second kappa shape index (κ2) is 8.03. The van der Waals surface area contributed by atoms with E-state index in [2.05, 4.69) is 57.0 Å². The topological polar surface area (TPSA) is 55.6 Å². The molecule has 2 N–H and O–H groups in total. The molecule has 0 aliphatic rings. The molecule has 1 rings (SSSR count). The second-order valence-electron chi connectivity index (χ2n) is 6.55. The van der Waals surface area contributed by atoms with Crippen molar-refractivity contribution < 1.29 is 9.53 Å². The number of hydrogen-bond acceptors (Lipinski definition) is 3. The summed E-state index contributed by atoms with van der Waals surface area (Å²) in [6, 6.07) is 10.8. The Balaban J connectivity index is 2.54. The Kier molecular flexibility index (Phi) is 6.69. The molecular weight excluding hydrogens is 264 g/mol. The van der Waals surface area contributed by atoms with Crippen LogP contribution in [0.2, 0.25) is 0 Å². The second-order valence-corrected chi connectivity index (χ2v) is 6.55. The number of benzene rings is 1. The lowest BCUT2D eigenvalue weighted by Gasteiger charge is -2.38. The lowest BCUT2D eigenvalue weighted by molar-refractivity contribution is 0.0863. The lowest BCUT2D eigenvalue weighted by Crippen LogP contribution is -2.43. The van der Waals surface area contributed by atoms with Crippen LogP contribution >= 0.6 is 0 Å². The van der Waals surface area contributed by atoms with E-state index in [-0.39, 0.29) is 5.41 Å². The first kappa shape index (κ1) is 17.5. The molecule has 0 saturated carbocycles. The SMILES string of the molecule is CN(CCc1ccccc1)C(CCOC(N)=O)C(C)(C)C. The summed E-state index contributed by atoms with van der Waals surface area (Å²) in [5.74, 6) is 0. The van der Waals surface area contributed by atoms with Crippen molar-refractivity contribution in [1.29, 1.82) is 0 Å². The van der Waals surface area contributed by atoms with Crippen molar-refractivity contribution in [3.05, 3.63) is 35.9 Å². The van der Waals surface area contributed by atoms with E-state index in [0.29, 0.717) is 12.6 Å². The average molecular weight is 292 g/mol. The number of carbonyl (C=O) groups excluding carboxylic acids is 1. The summed E-state index contributed by atoms with van der Waals surface area (Å²) in [4.78, 5) is 13.0. The van der Waals surface area contributed by atoms with Gasteiger partial charge < -0.3 is 15.4 Å². The Hall–Kier alpha value is -1.55. The first-order valence-electron chi connectivity index (χ1n) is 7.47. The summed E-state index contributed by atoms with van der Waals surface area (Å²) in [7, 11) is 2.13. The minimum Gasteiger partial charge on any atom is -0.450 e. The standard InChI is InChI=1S/C17H28N2O2/c1-17(2,3)15(11-13-21-16(18)20)19(4)12-10-14-8-6-5-7-9-14/h5-9,15H,10-13H2,1-4H3,(H2,18,20). The number of hydrogen-bond donors (Lipinski definition) is 1. The van der Waals surface area contributed by atoms with Crippen molar-refractivity contribution >= 4 is 6.09 Å². The maximum absolute atomic E-state index is 10.7. The van der Waals surface area contributed by atoms with Gasteiger partial charge in [0.2, 0.25) is 0 Å². The zero-order valence-electron chi connectivity index (χ0n) is 13.6. The molecule has 0 bridgehead atoms. The van der Waals surface area contributed by atoms with Crippen LogP contribution in [0.1, 0.15) is 32.8 Å². The summed E-state index contributed by atoms with van der Waals surface area (Å²) in [5.41, 5.74) is 6.48. The number of primary amides is 1. The number of likely N-dealkylation sites (N-methyl/N-ethyl adjacent to an activating group) is 1. The molecule has 0 aromatic heterocycles. The van der Waals surface area contributed by atoms with Gasteiger partial charge in [0.05, 0.1) is 6.61 Å². The quantitative estimate of drug-likeness (QED) is 0.840. The molecule has 0 radical (unpaired) electrons. The molecule has 0 heterocycles. The minimum absolute atomic E-state index is 0.118. The van der Waals surface area contributed by atoms with Crippen LogP contribution < -0.4 is 5.73 Å². The fraction of sp³-hybridized carbons (Fsp3) is 0.588. The molecule has 0 aliphatic carbocycles. The average Bonchev–Trinajstić information content (AvgIpc) is 2.40. The van der Waals surface area contributed by atoms with Crippen molar-refractivity contribution in [1.82, 2.24) is 4.90 Å². The number of rotatable bonds is 7. The highest BCUT2D eigenvalue weighted by atomic mass is 16.5. The van der Waals surface area contributed by atoms with Crippen molar-refractivity contribution in [2.45, 2.75) is 39.7 Å². The van der Waals surface area contributed by atoms with E-state index in [0.717, 1.165) is 19.4 Å². The van der Waals surface area contributed by atoms with Crippen molar-refractivity contribution in [3.8, 4) is 0 Å². The third-order valence-corrected chi connectivity index (χ3v) is 3.76. The maximum atomic E-state index is 10.7. The normalized spacial score (nSPS) is 13.2. The van der Waals surface area contributed by atoms with Crippen LogP contribution in [0.15, 0.2) is 30.3 Å². The molecule has 21 heavy (non-hydrogen) atoms. The molecular formula is C17H28N2O2. The fourth-order valence-corrected chi connectivity index (χ4v) is 2.69. The monoisotopic (exact) mass is 292 g/mol. The molecule has 1 atom stereocenters. The maximum Gasteiger partial charge on any atom is 0.404 e. The van der Waals surface area contributed by atoms with E-state index in [1.165, 1.54) is 5.56 Å². The van der Waals surface area contributed by atoms with Gasteiger partial charge in [0, 0.05) is 12.6 Å². The zero-order chi connectivity index (χ0) is 15.9. The van der Waals surface area contributed by atoms with Gasteiger partial charge in [-0.05, 0) is 30.9 Å². The van der Waals surface area contributed by atoms with Crippen LogP contribution in [0.25, 0.3) is 0 Å². The Morgan fingerprint density at radius 1 is 1.29 bits per heavy atom. The van der Waals surface area contributed by atoms with E-state index < -0.39 is 6.09 Å². The molecule has 1 amide bonds. The smallest absolute Gasteiger partial charge is 0.404 e. The van der Waals surface area contributed by atoms with Crippen molar-refractivity contribution in [2.24, 2.45) is 11.1 Å². The van der Waals surface area contributed by atoms with Crippen molar-refractivity contribution in [3.63, 3.8) is 0 Å². The van der Waals surface area contributed by atoms with Gasteiger partial charge in [-0.1, -0.05) is 51.1 Å². The van der Waals surface area contributed by atoms with Crippen LogP contribution in [0.5, 0.6) is 0 Å². The molecule has 118 valence electrons. The van der Waals surface area contributed by atoms with E-state index in [9.17, 15) is 4.79 Å². The van der Waals surface area contributed by atoms with Gasteiger partial charge >= 0.3 is 6.09 Å². The zero-order valence-corrected chi connectivity index (χ0v) is 13.6. The van der Waals surface area contributed by atoms with Crippen LogP contribution in [-0.2, 0) is 11.2 Å². The summed E-state index contributed by atoms with van der Waals surface area (Å²) in [5, 5.41) is 0. The predicted octanol–water partition coefficient (Wildman–Crippen LogP) is 3.06. The van der Waals surface area contributed by atoms with Gasteiger partial charge in [0.25, 0.3) is 0 Å². The van der Waals surface area contributed by atoms with E-state index in [4.69, 9.17) is 10.5 Å². The highest BCUT2D eigenvalue weighted by Crippen LogP contribution is 2.26. The molecule has 0 aliphatic heterocycles.